The van der Waals surface area contributed by atoms with Gasteiger partial charge in [-0.15, -0.1) is 0 Å². The van der Waals surface area contributed by atoms with Crippen molar-refractivity contribution in [2.24, 2.45) is 7.05 Å². The van der Waals surface area contributed by atoms with Crippen molar-refractivity contribution in [2.45, 2.75) is 42.6 Å². The monoisotopic (exact) mass is 391 g/mol. The first kappa shape index (κ1) is 18.8. The lowest BCUT2D eigenvalue weighted by molar-refractivity contribution is -0.121. The average molecular weight is 392 g/mol. The number of rotatable bonds is 5. The molecule has 2 aromatic carbocycles. The number of fused-ring (bicyclic) bond motifs is 1. The van der Waals surface area contributed by atoms with Crippen molar-refractivity contribution < 1.29 is 4.79 Å². The second kappa shape index (κ2) is 8.23. The van der Waals surface area contributed by atoms with E-state index in [1.54, 1.807) is 0 Å². The first-order valence-corrected chi connectivity index (χ1v) is 10.6. The smallest absolute Gasteiger partial charge is 0.233 e. The van der Waals surface area contributed by atoms with E-state index in [0.29, 0.717) is 0 Å². The molecule has 0 saturated carbocycles. The van der Waals surface area contributed by atoms with E-state index in [-0.39, 0.29) is 17.2 Å². The lowest BCUT2D eigenvalue weighted by Gasteiger charge is -2.27. The van der Waals surface area contributed by atoms with Crippen molar-refractivity contribution in [3.05, 3.63) is 71.9 Å². The number of carbonyl (C=O) groups is 1. The Labute approximate surface area is 170 Å². The van der Waals surface area contributed by atoms with Crippen LogP contribution in [0.15, 0.2) is 66.0 Å². The van der Waals surface area contributed by atoms with Crippen LogP contribution < -0.4 is 5.32 Å². The molecule has 0 unspecified atom stereocenters. The van der Waals surface area contributed by atoms with Gasteiger partial charge in [-0.25, -0.2) is 4.98 Å². The Hall–Kier alpha value is -2.53. The van der Waals surface area contributed by atoms with Gasteiger partial charge in [0.05, 0.1) is 23.2 Å². The number of nitrogens with one attached hydrogen (secondary N) is 1. The average Bonchev–Trinajstić information content (AvgIpc) is 3.09. The first-order chi connectivity index (χ1) is 13.6. The standard InChI is InChI=1S/C23H25N3OS/c1-16(22(27)25-20-14-8-12-17-9-6-7-13-19(17)20)28-23-24-15-21(26(23)2)18-10-4-3-5-11-18/h3-7,9-11,13,15-16,20H,8,12,14H2,1-2H3,(H,25,27)/t16-,20+/m1/s1. The first-order valence-electron chi connectivity index (χ1n) is 9.75. The van der Waals surface area contributed by atoms with Crippen molar-refractivity contribution in [1.82, 2.24) is 14.9 Å². The Morgan fingerprint density at radius 1 is 1.18 bits per heavy atom. The van der Waals surface area contributed by atoms with Crippen molar-refractivity contribution in [2.75, 3.05) is 0 Å². The third kappa shape index (κ3) is 3.85. The van der Waals surface area contributed by atoms with E-state index in [2.05, 4.69) is 51.3 Å². The van der Waals surface area contributed by atoms with Crippen molar-refractivity contribution in [3.8, 4) is 11.3 Å². The molecule has 1 aliphatic carbocycles. The third-order valence-corrected chi connectivity index (χ3v) is 6.51. The molecule has 144 valence electrons. The van der Waals surface area contributed by atoms with Gasteiger partial charge in [-0.05, 0) is 42.9 Å². The van der Waals surface area contributed by atoms with Gasteiger partial charge in [0.1, 0.15) is 0 Å². The summed E-state index contributed by atoms with van der Waals surface area (Å²) < 4.78 is 2.06. The number of carbonyl (C=O) groups excluding carboxylic acids is 1. The predicted molar refractivity (Wildman–Crippen MR) is 114 cm³/mol. The van der Waals surface area contributed by atoms with E-state index in [9.17, 15) is 4.79 Å². The van der Waals surface area contributed by atoms with Crippen LogP contribution in [0.3, 0.4) is 0 Å². The molecule has 0 fully saturated rings. The topological polar surface area (TPSA) is 46.9 Å². The molecule has 1 N–H and O–H groups in total. The molecular weight excluding hydrogens is 366 g/mol. The highest BCUT2D eigenvalue weighted by Crippen LogP contribution is 2.31. The van der Waals surface area contributed by atoms with Gasteiger partial charge in [-0.3, -0.25) is 4.79 Å². The van der Waals surface area contributed by atoms with Gasteiger partial charge in [0.2, 0.25) is 5.91 Å². The van der Waals surface area contributed by atoms with Gasteiger partial charge in [-0.2, -0.15) is 0 Å². The Kier molecular flexibility index (Phi) is 5.53. The number of hydrogen-bond donors (Lipinski definition) is 1. The van der Waals surface area contributed by atoms with Crippen LogP contribution in [0.4, 0.5) is 0 Å². The van der Waals surface area contributed by atoms with E-state index in [1.807, 2.05) is 38.4 Å². The summed E-state index contributed by atoms with van der Waals surface area (Å²) >= 11 is 1.50. The Morgan fingerprint density at radius 2 is 1.93 bits per heavy atom. The minimum absolute atomic E-state index is 0.0657. The minimum atomic E-state index is -0.209. The van der Waals surface area contributed by atoms with Crippen LogP contribution in [-0.4, -0.2) is 20.7 Å². The van der Waals surface area contributed by atoms with Crippen LogP contribution in [0.1, 0.15) is 36.9 Å². The fraction of sp³-hybridized carbons (Fsp3) is 0.304. The molecule has 3 aromatic rings. The number of aryl methyl sites for hydroxylation is 1. The molecule has 0 aliphatic heterocycles. The molecule has 4 nitrogen and oxygen atoms in total. The van der Waals surface area contributed by atoms with Crippen molar-refractivity contribution in [1.29, 1.82) is 0 Å². The maximum atomic E-state index is 12.8. The molecule has 1 heterocycles. The quantitative estimate of drug-likeness (QED) is 0.638. The SMILES string of the molecule is C[C@@H](Sc1ncc(-c2ccccc2)n1C)C(=O)N[C@H]1CCCc2ccccc21. The fourth-order valence-electron chi connectivity index (χ4n) is 3.78. The molecule has 1 aromatic heterocycles. The normalized spacial score (nSPS) is 17.0. The Bertz CT molecular complexity index is 967. The second-order valence-corrected chi connectivity index (χ2v) is 8.57. The highest BCUT2D eigenvalue weighted by molar-refractivity contribution is 8.00. The second-order valence-electron chi connectivity index (χ2n) is 7.26. The van der Waals surface area contributed by atoms with Crippen LogP contribution in [0, 0.1) is 0 Å². The number of nitrogens with zero attached hydrogens (tertiary/aromatic N) is 2. The molecule has 0 saturated heterocycles. The molecule has 0 radical (unpaired) electrons. The summed E-state index contributed by atoms with van der Waals surface area (Å²) in [4.78, 5) is 17.4. The molecule has 0 spiro atoms. The predicted octanol–water partition coefficient (Wildman–Crippen LogP) is 4.76. The summed E-state index contributed by atoms with van der Waals surface area (Å²) in [5, 5.41) is 3.90. The minimum Gasteiger partial charge on any atom is -0.348 e. The number of imidazole rings is 1. The summed E-state index contributed by atoms with van der Waals surface area (Å²) in [5.41, 5.74) is 4.80. The van der Waals surface area contributed by atoms with Gasteiger partial charge in [0.15, 0.2) is 5.16 Å². The van der Waals surface area contributed by atoms with Crippen LogP contribution in [0.2, 0.25) is 0 Å². The zero-order valence-electron chi connectivity index (χ0n) is 16.3. The summed E-state index contributed by atoms with van der Waals surface area (Å²) in [6, 6.07) is 18.7. The van der Waals surface area contributed by atoms with Gasteiger partial charge >= 0.3 is 0 Å². The lowest BCUT2D eigenvalue weighted by atomic mass is 9.88. The lowest BCUT2D eigenvalue weighted by Crippen LogP contribution is -2.36. The molecule has 0 bridgehead atoms. The Balaban J connectivity index is 1.44. The largest absolute Gasteiger partial charge is 0.348 e. The molecular formula is C23H25N3OS. The number of hydrogen-bond acceptors (Lipinski definition) is 3. The zero-order chi connectivity index (χ0) is 19.5. The van der Waals surface area contributed by atoms with Crippen molar-refractivity contribution in [3.63, 3.8) is 0 Å². The number of benzene rings is 2. The van der Waals surface area contributed by atoms with E-state index < -0.39 is 0 Å². The summed E-state index contributed by atoms with van der Waals surface area (Å²) in [6.07, 6.45) is 5.09. The Morgan fingerprint density at radius 3 is 2.75 bits per heavy atom. The van der Waals surface area contributed by atoms with Gasteiger partial charge in [-0.1, -0.05) is 66.4 Å². The highest BCUT2D eigenvalue weighted by Gasteiger charge is 2.25. The van der Waals surface area contributed by atoms with Crippen LogP contribution in [0.5, 0.6) is 0 Å². The molecule has 5 heteroatoms. The van der Waals surface area contributed by atoms with Crippen molar-refractivity contribution >= 4 is 17.7 Å². The number of aromatic nitrogens is 2. The fourth-order valence-corrected chi connectivity index (χ4v) is 4.65. The number of thioether (sulfide) groups is 1. The van der Waals surface area contributed by atoms with Crippen LogP contribution in [0.25, 0.3) is 11.3 Å². The molecule has 1 amide bonds. The van der Waals surface area contributed by atoms with E-state index in [4.69, 9.17) is 0 Å². The van der Waals surface area contributed by atoms with Gasteiger partial charge in [0, 0.05) is 7.05 Å². The third-order valence-electron chi connectivity index (χ3n) is 5.35. The summed E-state index contributed by atoms with van der Waals surface area (Å²) in [6.45, 7) is 1.95. The summed E-state index contributed by atoms with van der Waals surface area (Å²) in [5.74, 6) is 0.0657. The maximum Gasteiger partial charge on any atom is 0.233 e. The van der Waals surface area contributed by atoms with Crippen LogP contribution >= 0.6 is 11.8 Å². The molecule has 1 aliphatic rings. The molecule has 28 heavy (non-hydrogen) atoms. The zero-order valence-corrected chi connectivity index (χ0v) is 17.1. The van der Waals surface area contributed by atoms with E-state index in [0.717, 1.165) is 35.7 Å². The van der Waals surface area contributed by atoms with Gasteiger partial charge in [0.25, 0.3) is 0 Å². The summed E-state index contributed by atoms with van der Waals surface area (Å²) in [7, 11) is 2.00. The number of amides is 1. The maximum absolute atomic E-state index is 12.8. The van der Waals surface area contributed by atoms with E-state index >= 15 is 0 Å². The highest BCUT2D eigenvalue weighted by atomic mass is 32.2. The van der Waals surface area contributed by atoms with Crippen LogP contribution in [-0.2, 0) is 18.3 Å². The van der Waals surface area contributed by atoms with E-state index in [1.165, 1.54) is 22.9 Å². The van der Waals surface area contributed by atoms with Gasteiger partial charge < -0.3 is 9.88 Å². The molecule has 4 rings (SSSR count). The molecule has 2 atom stereocenters.